The predicted octanol–water partition coefficient (Wildman–Crippen LogP) is 6.38. The second-order valence-electron chi connectivity index (χ2n) is 9.65. The number of nitrogens with zero attached hydrogens (tertiary/aromatic N) is 3. The average Bonchev–Trinajstić information content (AvgIpc) is 3.41. The minimum absolute atomic E-state index is 0. The molecule has 8 heteroatoms. The van der Waals surface area contributed by atoms with Crippen LogP contribution >= 0.6 is 17.0 Å². The van der Waals surface area contributed by atoms with Crippen LogP contribution in [0.4, 0.5) is 0 Å². The summed E-state index contributed by atoms with van der Waals surface area (Å²) in [7, 11) is 0. The molecule has 0 unspecified atom stereocenters. The van der Waals surface area contributed by atoms with E-state index in [4.69, 9.17) is 9.51 Å². The fourth-order valence-electron chi connectivity index (χ4n) is 4.91. The van der Waals surface area contributed by atoms with Crippen molar-refractivity contribution in [1.29, 1.82) is 0 Å². The molecule has 1 N–H and O–H groups in total. The lowest BCUT2D eigenvalue weighted by Crippen LogP contribution is -2.31. The molecule has 0 bridgehead atoms. The zero-order chi connectivity index (χ0) is 27.2. The van der Waals surface area contributed by atoms with E-state index < -0.39 is 5.76 Å². The Morgan fingerprint density at radius 3 is 2.20 bits per heavy atom. The predicted molar refractivity (Wildman–Crippen MR) is 163 cm³/mol. The lowest BCUT2D eigenvalue weighted by molar-refractivity contribution is 0.388. The number of nitrogens with one attached hydrogen (secondary N) is 1. The first-order chi connectivity index (χ1) is 19.1. The highest BCUT2D eigenvalue weighted by atomic mass is 79.9. The lowest BCUT2D eigenvalue weighted by Gasteiger charge is -2.17. The van der Waals surface area contributed by atoms with Crippen LogP contribution in [0.25, 0.3) is 22.5 Å². The molecule has 0 aliphatic rings. The Hall–Kier alpha value is -4.04. The summed E-state index contributed by atoms with van der Waals surface area (Å²) in [4.78, 5) is 33.1. The van der Waals surface area contributed by atoms with Gasteiger partial charge in [0.1, 0.15) is 5.82 Å². The highest BCUT2D eigenvalue weighted by molar-refractivity contribution is 8.93. The number of hydrogen-bond acceptors (Lipinski definition) is 5. The quantitative estimate of drug-likeness (QED) is 0.201. The zero-order valence-corrected chi connectivity index (χ0v) is 24.4. The number of aromatic amines is 1. The van der Waals surface area contributed by atoms with Gasteiger partial charge in [0.25, 0.3) is 5.56 Å². The Morgan fingerprint density at radius 1 is 0.850 bits per heavy atom. The van der Waals surface area contributed by atoms with Crippen molar-refractivity contribution < 1.29 is 4.52 Å². The topological polar surface area (TPSA) is 93.8 Å². The molecule has 2 aromatic heterocycles. The molecule has 5 aromatic rings. The van der Waals surface area contributed by atoms with E-state index in [1.165, 1.54) is 0 Å². The van der Waals surface area contributed by atoms with E-state index in [-0.39, 0.29) is 22.5 Å². The van der Waals surface area contributed by atoms with E-state index in [1.807, 2.05) is 71.3 Å². The number of aryl methyl sites for hydroxylation is 2. The molecule has 0 radical (unpaired) electrons. The monoisotopic (exact) mass is 600 g/mol. The highest BCUT2D eigenvalue weighted by Crippen LogP contribution is 2.30. The molecule has 0 aliphatic heterocycles. The van der Waals surface area contributed by atoms with Crippen LogP contribution in [0.1, 0.15) is 54.9 Å². The molecule has 0 saturated heterocycles. The molecule has 5 rings (SSSR count). The first-order valence-corrected chi connectivity index (χ1v) is 13.5. The summed E-state index contributed by atoms with van der Waals surface area (Å²) >= 11 is 0. The molecule has 7 nitrogen and oxygen atoms in total. The lowest BCUT2D eigenvalue weighted by atomic mass is 9.96. The van der Waals surface area contributed by atoms with Crippen LogP contribution in [0.15, 0.2) is 93.0 Å². The summed E-state index contributed by atoms with van der Waals surface area (Å²) in [6.07, 6.45) is 4.04. The second kappa shape index (κ2) is 13.3. The van der Waals surface area contributed by atoms with Crippen molar-refractivity contribution >= 4 is 17.0 Å². The zero-order valence-electron chi connectivity index (χ0n) is 22.7. The molecule has 0 saturated carbocycles. The molecule has 2 heterocycles. The van der Waals surface area contributed by atoms with Crippen molar-refractivity contribution in [3.63, 3.8) is 0 Å². The molecule has 40 heavy (non-hydrogen) atoms. The fourth-order valence-corrected chi connectivity index (χ4v) is 4.91. The minimum Gasteiger partial charge on any atom is -0.296 e. The summed E-state index contributed by atoms with van der Waals surface area (Å²) in [5.41, 5.74) is 6.53. The van der Waals surface area contributed by atoms with Gasteiger partial charge in [-0.2, -0.15) is 0 Å². The average molecular weight is 602 g/mol. The molecule has 0 atom stereocenters. The third-order valence-electron chi connectivity index (χ3n) is 6.96. The van der Waals surface area contributed by atoms with Crippen LogP contribution in [0.5, 0.6) is 0 Å². The van der Waals surface area contributed by atoms with E-state index in [1.54, 1.807) is 0 Å². The Labute approximate surface area is 243 Å². The Balaban J connectivity index is 0.00000370. The van der Waals surface area contributed by atoms with Gasteiger partial charge >= 0.3 is 5.76 Å². The Kier molecular flexibility index (Phi) is 9.66. The summed E-state index contributed by atoms with van der Waals surface area (Å²) in [5, 5.41) is 3.85. The summed E-state index contributed by atoms with van der Waals surface area (Å²) < 4.78 is 6.55. The van der Waals surface area contributed by atoms with E-state index in [0.29, 0.717) is 25.2 Å². The Bertz CT molecular complexity index is 1670. The third kappa shape index (κ3) is 6.39. The van der Waals surface area contributed by atoms with Crippen molar-refractivity contribution in [3.05, 3.63) is 128 Å². The molecule has 3 aromatic carbocycles. The van der Waals surface area contributed by atoms with Gasteiger partial charge in [0.2, 0.25) is 0 Å². The highest BCUT2D eigenvalue weighted by Gasteiger charge is 2.17. The molecule has 206 valence electrons. The van der Waals surface area contributed by atoms with Gasteiger partial charge < -0.3 is 0 Å². The number of rotatable bonds is 10. The molecule has 0 aliphatic carbocycles. The van der Waals surface area contributed by atoms with E-state index in [9.17, 15) is 9.59 Å². The van der Waals surface area contributed by atoms with E-state index in [0.717, 1.165) is 64.2 Å². The SMILES string of the molecule is Br.CCCCc1nc(CC)n(Cc2ccccc2)c(=O)c1Cc1ccc(-c2ccccc2-c2noc(=O)[nH]2)cc1. The standard InChI is InChI=1S/C32H32N4O3.BrH/c1-3-5-15-28-27(31(37)36(29(4-2)33-28)21-23-11-7-6-8-12-23)20-22-16-18-24(19-17-22)25-13-9-10-14-26(25)30-34-32(38)39-35-30;/h6-14,16-19H,3-5,15,20-21H2,1-2H3,(H,34,35,38);1H. The largest absolute Gasteiger partial charge is 0.439 e. The molecular formula is C32H33BrN4O3. The van der Waals surface area contributed by atoms with Gasteiger partial charge in [0.05, 0.1) is 12.2 Å². The van der Waals surface area contributed by atoms with Crippen LogP contribution in [-0.2, 0) is 25.8 Å². The number of halogens is 1. The maximum Gasteiger partial charge on any atom is 0.439 e. The van der Waals surface area contributed by atoms with Gasteiger partial charge in [-0.05, 0) is 35.1 Å². The number of hydrogen-bond donors (Lipinski definition) is 1. The first kappa shape index (κ1) is 29.0. The Morgan fingerprint density at radius 2 is 1.55 bits per heavy atom. The number of aromatic nitrogens is 4. The number of H-pyrrole nitrogens is 1. The van der Waals surface area contributed by atoms with Crippen molar-refractivity contribution in [2.24, 2.45) is 0 Å². The van der Waals surface area contributed by atoms with Crippen LogP contribution in [-0.4, -0.2) is 19.7 Å². The maximum atomic E-state index is 13.9. The van der Waals surface area contributed by atoms with Crippen LogP contribution in [0.3, 0.4) is 0 Å². The molecule has 0 spiro atoms. The van der Waals surface area contributed by atoms with Crippen LogP contribution < -0.4 is 11.3 Å². The van der Waals surface area contributed by atoms with E-state index >= 15 is 0 Å². The van der Waals surface area contributed by atoms with Crippen molar-refractivity contribution in [1.82, 2.24) is 19.7 Å². The summed E-state index contributed by atoms with van der Waals surface area (Å²) in [6.45, 7) is 4.72. The minimum atomic E-state index is -0.588. The van der Waals surface area contributed by atoms with Gasteiger partial charge in [0.15, 0.2) is 5.82 Å². The first-order valence-electron chi connectivity index (χ1n) is 13.5. The van der Waals surface area contributed by atoms with Gasteiger partial charge in [-0.3, -0.25) is 18.9 Å². The van der Waals surface area contributed by atoms with Crippen LogP contribution in [0, 0.1) is 0 Å². The second-order valence-corrected chi connectivity index (χ2v) is 9.65. The summed E-state index contributed by atoms with van der Waals surface area (Å²) in [5.74, 6) is 0.632. The van der Waals surface area contributed by atoms with Crippen LogP contribution in [0.2, 0.25) is 0 Å². The third-order valence-corrected chi connectivity index (χ3v) is 6.96. The molecule has 0 amide bonds. The number of unbranched alkanes of at least 4 members (excludes halogenated alkanes) is 1. The van der Waals surface area contributed by atoms with Gasteiger partial charge in [-0.25, -0.2) is 9.78 Å². The van der Waals surface area contributed by atoms with Gasteiger partial charge in [-0.15, -0.1) is 17.0 Å². The smallest absolute Gasteiger partial charge is 0.296 e. The van der Waals surface area contributed by atoms with Crippen molar-refractivity contribution in [3.8, 4) is 22.5 Å². The molecular weight excluding hydrogens is 568 g/mol. The van der Waals surface area contributed by atoms with Crippen molar-refractivity contribution in [2.75, 3.05) is 0 Å². The molecule has 0 fully saturated rings. The number of benzene rings is 3. The summed E-state index contributed by atoms with van der Waals surface area (Å²) in [6, 6.07) is 26.0. The maximum absolute atomic E-state index is 13.9. The normalized spacial score (nSPS) is 10.8. The van der Waals surface area contributed by atoms with Gasteiger partial charge in [-0.1, -0.05) is 104 Å². The van der Waals surface area contributed by atoms with Crippen molar-refractivity contribution in [2.45, 2.75) is 52.5 Å². The van der Waals surface area contributed by atoms with E-state index in [2.05, 4.69) is 36.1 Å². The fraction of sp³-hybridized carbons (Fsp3) is 0.250. The van der Waals surface area contributed by atoms with Gasteiger partial charge in [0, 0.05) is 24.0 Å².